The lowest BCUT2D eigenvalue weighted by Gasteiger charge is -2.35. The number of piperazine rings is 1. The zero-order valence-electron chi connectivity index (χ0n) is 13.6. The molecule has 0 aromatic heterocycles. The molecular weight excluding hydrogens is 314 g/mol. The highest BCUT2D eigenvalue weighted by Crippen LogP contribution is 2.34. The third kappa shape index (κ3) is 3.00. The van der Waals surface area contributed by atoms with E-state index >= 15 is 0 Å². The summed E-state index contributed by atoms with van der Waals surface area (Å²) in [6.45, 7) is 5.30. The van der Waals surface area contributed by atoms with Gasteiger partial charge in [0, 0.05) is 26.2 Å². The van der Waals surface area contributed by atoms with Gasteiger partial charge in [-0.15, -0.1) is 0 Å². The summed E-state index contributed by atoms with van der Waals surface area (Å²) in [5.41, 5.74) is 7.28. The molecule has 1 amide bonds. The van der Waals surface area contributed by atoms with E-state index in [1.165, 1.54) is 4.31 Å². The van der Waals surface area contributed by atoms with Crippen LogP contribution in [0.1, 0.15) is 24.0 Å². The molecule has 23 heavy (non-hydrogen) atoms. The maximum atomic E-state index is 12.7. The number of nitrogens with two attached hydrogens (primary N) is 1. The molecule has 1 aliphatic carbocycles. The third-order valence-corrected chi connectivity index (χ3v) is 6.75. The largest absolute Gasteiger partial charge is 0.338 e. The van der Waals surface area contributed by atoms with Gasteiger partial charge in [0.2, 0.25) is 15.9 Å². The van der Waals surface area contributed by atoms with E-state index in [1.807, 2.05) is 19.9 Å². The first-order valence-electron chi connectivity index (χ1n) is 7.90. The molecule has 2 aliphatic rings. The van der Waals surface area contributed by atoms with Gasteiger partial charge in [-0.2, -0.15) is 4.31 Å². The molecule has 1 heterocycles. The average Bonchev–Trinajstić information content (AvgIpc) is 3.28. The van der Waals surface area contributed by atoms with Gasteiger partial charge in [0.25, 0.3) is 0 Å². The summed E-state index contributed by atoms with van der Waals surface area (Å²) in [5, 5.41) is 0. The fourth-order valence-electron chi connectivity index (χ4n) is 2.82. The van der Waals surface area contributed by atoms with Crippen LogP contribution in [0.25, 0.3) is 0 Å². The first-order valence-corrected chi connectivity index (χ1v) is 9.34. The van der Waals surface area contributed by atoms with Gasteiger partial charge >= 0.3 is 0 Å². The van der Waals surface area contributed by atoms with Crippen LogP contribution in [0.4, 0.5) is 0 Å². The smallest absolute Gasteiger partial charge is 0.243 e. The Morgan fingerprint density at radius 1 is 1.09 bits per heavy atom. The van der Waals surface area contributed by atoms with Crippen molar-refractivity contribution in [3.63, 3.8) is 0 Å². The van der Waals surface area contributed by atoms with Crippen LogP contribution in [0.15, 0.2) is 23.1 Å². The van der Waals surface area contributed by atoms with E-state index in [0.717, 1.165) is 24.0 Å². The van der Waals surface area contributed by atoms with E-state index in [1.54, 1.807) is 17.0 Å². The number of rotatable bonds is 3. The number of benzene rings is 1. The Morgan fingerprint density at radius 3 is 2.22 bits per heavy atom. The van der Waals surface area contributed by atoms with Crippen LogP contribution in [0.5, 0.6) is 0 Å². The minimum atomic E-state index is -3.51. The fraction of sp³-hybridized carbons (Fsp3) is 0.562. The van der Waals surface area contributed by atoms with Gasteiger partial charge in [0.05, 0.1) is 10.4 Å². The number of hydrogen-bond acceptors (Lipinski definition) is 4. The Morgan fingerprint density at radius 2 is 1.70 bits per heavy atom. The van der Waals surface area contributed by atoms with Gasteiger partial charge in [0.1, 0.15) is 0 Å². The van der Waals surface area contributed by atoms with Crippen molar-refractivity contribution in [2.45, 2.75) is 37.1 Å². The lowest BCUT2D eigenvalue weighted by Crippen LogP contribution is -2.55. The molecule has 0 bridgehead atoms. The average molecular weight is 337 g/mol. The zero-order valence-corrected chi connectivity index (χ0v) is 14.4. The molecule has 6 nitrogen and oxygen atoms in total. The summed E-state index contributed by atoms with van der Waals surface area (Å²) in [7, 11) is -3.51. The van der Waals surface area contributed by atoms with Crippen LogP contribution >= 0.6 is 0 Å². The molecule has 3 rings (SSSR count). The van der Waals surface area contributed by atoms with Crippen LogP contribution in [0.2, 0.25) is 0 Å². The number of hydrogen-bond donors (Lipinski definition) is 1. The third-order valence-electron chi connectivity index (χ3n) is 4.86. The Labute approximate surface area is 137 Å². The first-order chi connectivity index (χ1) is 10.7. The monoisotopic (exact) mass is 337 g/mol. The van der Waals surface area contributed by atoms with Crippen molar-refractivity contribution < 1.29 is 13.2 Å². The summed E-state index contributed by atoms with van der Waals surface area (Å²) in [6.07, 6.45) is 1.46. The lowest BCUT2D eigenvalue weighted by atomic mass is 10.1. The number of nitrogens with zero attached hydrogens (tertiary/aromatic N) is 2. The Balaban J connectivity index is 1.71. The number of sulfonamides is 1. The fourth-order valence-corrected chi connectivity index (χ4v) is 4.33. The van der Waals surface area contributed by atoms with Crippen LogP contribution in [-0.4, -0.2) is 55.2 Å². The first kappa shape index (κ1) is 16.4. The normalized spacial score (nSPS) is 21.3. The highest BCUT2D eigenvalue weighted by Gasteiger charge is 2.48. The predicted octanol–water partition coefficient (Wildman–Crippen LogP) is 0.628. The molecule has 2 fully saturated rings. The quantitative estimate of drug-likeness (QED) is 0.877. The minimum Gasteiger partial charge on any atom is -0.338 e. The highest BCUT2D eigenvalue weighted by molar-refractivity contribution is 7.89. The summed E-state index contributed by atoms with van der Waals surface area (Å²) in [6, 6.07) is 5.18. The SMILES string of the molecule is Cc1ccc(S(=O)(=O)N2CCN(C(=O)C3(N)CC3)CC2)cc1C. The van der Waals surface area contributed by atoms with Gasteiger partial charge < -0.3 is 10.6 Å². The maximum Gasteiger partial charge on any atom is 0.243 e. The molecule has 1 aromatic rings. The van der Waals surface area contributed by atoms with E-state index in [0.29, 0.717) is 31.1 Å². The molecule has 1 saturated carbocycles. The molecule has 1 aliphatic heterocycles. The molecular formula is C16H23N3O3S. The summed E-state index contributed by atoms with van der Waals surface area (Å²) < 4.78 is 26.9. The molecule has 1 saturated heterocycles. The predicted molar refractivity (Wildman–Crippen MR) is 87.4 cm³/mol. The Kier molecular flexibility index (Phi) is 3.98. The number of aryl methyl sites for hydroxylation is 2. The second kappa shape index (κ2) is 5.58. The van der Waals surface area contributed by atoms with E-state index in [4.69, 9.17) is 5.73 Å². The van der Waals surface area contributed by atoms with Crippen molar-refractivity contribution in [1.29, 1.82) is 0 Å². The van der Waals surface area contributed by atoms with Crippen molar-refractivity contribution in [2.75, 3.05) is 26.2 Å². The van der Waals surface area contributed by atoms with Gasteiger partial charge in [-0.3, -0.25) is 4.79 Å². The van der Waals surface area contributed by atoms with Crippen LogP contribution in [0, 0.1) is 13.8 Å². The second-order valence-electron chi connectivity index (χ2n) is 6.60. The summed E-state index contributed by atoms with van der Waals surface area (Å²) in [4.78, 5) is 14.2. The van der Waals surface area contributed by atoms with Gasteiger partial charge in [-0.1, -0.05) is 6.07 Å². The van der Waals surface area contributed by atoms with Crippen molar-refractivity contribution in [2.24, 2.45) is 5.73 Å². The lowest BCUT2D eigenvalue weighted by molar-refractivity contribution is -0.134. The van der Waals surface area contributed by atoms with Crippen LogP contribution in [-0.2, 0) is 14.8 Å². The second-order valence-corrected chi connectivity index (χ2v) is 8.54. The molecule has 1 aromatic carbocycles. The van der Waals surface area contributed by atoms with Crippen LogP contribution in [0.3, 0.4) is 0 Å². The summed E-state index contributed by atoms with van der Waals surface area (Å²) >= 11 is 0. The maximum absolute atomic E-state index is 12.7. The van der Waals surface area contributed by atoms with Gasteiger partial charge in [-0.25, -0.2) is 8.42 Å². The molecule has 0 radical (unpaired) electrons. The van der Waals surface area contributed by atoms with Crippen molar-refractivity contribution >= 4 is 15.9 Å². The molecule has 0 unspecified atom stereocenters. The standard InChI is InChI=1S/C16H23N3O3S/c1-12-3-4-14(11-13(12)2)23(21,22)19-9-7-18(8-10-19)15(20)16(17)5-6-16/h3-4,11H,5-10,17H2,1-2H3. The zero-order chi connectivity index (χ0) is 16.8. The van der Waals surface area contributed by atoms with E-state index < -0.39 is 15.6 Å². The number of carbonyl (C=O) groups is 1. The molecule has 7 heteroatoms. The molecule has 126 valence electrons. The van der Waals surface area contributed by atoms with E-state index in [2.05, 4.69) is 0 Å². The van der Waals surface area contributed by atoms with E-state index in [9.17, 15) is 13.2 Å². The Bertz CT molecular complexity index is 733. The van der Waals surface area contributed by atoms with Crippen molar-refractivity contribution in [3.8, 4) is 0 Å². The van der Waals surface area contributed by atoms with E-state index in [-0.39, 0.29) is 5.91 Å². The molecule has 0 spiro atoms. The molecule has 0 atom stereocenters. The van der Waals surface area contributed by atoms with Crippen LogP contribution < -0.4 is 5.73 Å². The van der Waals surface area contributed by atoms with Crippen molar-refractivity contribution in [1.82, 2.24) is 9.21 Å². The molecule has 2 N–H and O–H groups in total. The van der Waals surface area contributed by atoms with Crippen molar-refractivity contribution in [3.05, 3.63) is 29.3 Å². The topological polar surface area (TPSA) is 83.7 Å². The highest BCUT2D eigenvalue weighted by atomic mass is 32.2. The number of amides is 1. The summed E-state index contributed by atoms with van der Waals surface area (Å²) in [5.74, 6) is -0.0410. The van der Waals surface area contributed by atoms with Gasteiger partial charge in [0.15, 0.2) is 0 Å². The Hall–Kier alpha value is -1.44. The minimum absolute atomic E-state index is 0.0410. The number of carbonyl (C=O) groups excluding carboxylic acids is 1. The van der Waals surface area contributed by atoms with Gasteiger partial charge in [-0.05, 0) is 49.9 Å².